The molecule has 1 amide bonds. The molecule has 1 aromatic heterocycles. The summed E-state index contributed by atoms with van der Waals surface area (Å²) in [7, 11) is 0. The van der Waals surface area contributed by atoms with Crippen molar-refractivity contribution < 1.29 is 4.79 Å². The van der Waals surface area contributed by atoms with Crippen molar-refractivity contribution in [1.82, 2.24) is 9.88 Å². The Kier molecular flexibility index (Phi) is 5.39. The number of nitrogens with zero attached hydrogens (tertiary/aromatic N) is 2. The lowest BCUT2D eigenvalue weighted by atomic mass is 10.2. The second-order valence-electron chi connectivity index (χ2n) is 5.41. The minimum absolute atomic E-state index is 0.132. The van der Waals surface area contributed by atoms with E-state index < -0.39 is 0 Å². The van der Waals surface area contributed by atoms with Gasteiger partial charge < -0.3 is 10.2 Å². The van der Waals surface area contributed by atoms with Gasteiger partial charge in [-0.1, -0.05) is 20.3 Å². The number of amides is 1. The first-order chi connectivity index (χ1) is 9.77. The summed E-state index contributed by atoms with van der Waals surface area (Å²) in [6, 6.07) is 4.18. The molecule has 20 heavy (non-hydrogen) atoms. The number of nitrogens with one attached hydrogen (secondary N) is 1. The summed E-state index contributed by atoms with van der Waals surface area (Å²) >= 11 is 0. The number of aromatic nitrogens is 1. The molecule has 1 aromatic rings. The molecule has 1 aliphatic rings. The molecule has 1 heterocycles. The summed E-state index contributed by atoms with van der Waals surface area (Å²) in [6.07, 6.45) is 7.24. The van der Waals surface area contributed by atoms with Gasteiger partial charge in [0.1, 0.15) is 5.82 Å². The lowest BCUT2D eigenvalue weighted by molar-refractivity contribution is 0.0741. The minimum Gasteiger partial charge on any atom is -0.369 e. The second kappa shape index (κ2) is 7.27. The van der Waals surface area contributed by atoms with Gasteiger partial charge in [-0.25, -0.2) is 4.98 Å². The molecule has 0 unspecified atom stereocenters. The molecule has 0 aromatic carbocycles. The number of rotatable bonds is 8. The van der Waals surface area contributed by atoms with Crippen molar-refractivity contribution in [2.24, 2.45) is 0 Å². The first kappa shape index (κ1) is 14.8. The molecule has 1 fully saturated rings. The lowest BCUT2D eigenvalue weighted by Crippen LogP contribution is -2.34. The molecular formula is C16H25N3O. The van der Waals surface area contributed by atoms with Crippen molar-refractivity contribution in [2.45, 2.75) is 52.0 Å². The van der Waals surface area contributed by atoms with Crippen molar-refractivity contribution in [3.8, 4) is 0 Å². The van der Waals surface area contributed by atoms with Crippen LogP contribution >= 0.6 is 0 Å². The van der Waals surface area contributed by atoms with Crippen molar-refractivity contribution in [3.63, 3.8) is 0 Å². The number of unbranched alkanes of at least 4 members (excludes halogenated alkanes) is 1. The molecule has 1 saturated carbocycles. The quantitative estimate of drug-likeness (QED) is 0.791. The number of carbonyl (C=O) groups is 1. The highest BCUT2D eigenvalue weighted by Gasteiger charge is 2.33. The van der Waals surface area contributed by atoms with E-state index in [-0.39, 0.29) is 5.91 Å². The number of hydrogen-bond donors (Lipinski definition) is 1. The predicted molar refractivity (Wildman–Crippen MR) is 82.0 cm³/mol. The largest absolute Gasteiger partial charge is 0.369 e. The molecule has 0 aliphatic heterocycles. The normalized spacial score (nSPS) is 14.1. The van der Waals surface area contributed by atoms with Gasteiger partial charge in [0.25, 0.3) is 5.91 Å². The molecule has 4 heteroatoms. The van der Waals surface area contributed by atoms with Crippen molar-refractivity contribution in [1.29, 1.82) is 0 Å². The number of pyridine rings is 1. The van der Waals surface area contributed by atoms with Crippen LogP contribution in [-0.2, 0) is 0 Å². The van der Waals surface area contributed by atoms with Gasteiger partial charge in [-0.05, 0) is 37.8 Å². The van der Waals surface area contributed by atoms with Crippen LogP contribution in [0.25, 0.3) is 0 Å². The first-order valence-corrected chi connectivity index (χ1v) is 7.77. The Labute approximate surface area is 121 Å². The first-order valence-electron chi connectivity index (χ1n) is 7.77. The van der Waals surface area contributed by atoms with E-state index in [0.717, 1.165) is 51.0 Å². The standard InChI is InChI=1S/C16H25N3O/c1-3-5-12-19(13-8-9-13)16(20)14-7-6-11-18-15(14)17-10-4-2/h6-7,11,13H,3-5,8-10,12H2,1-2H3,(H,17,18). The van der Waals surface area contributed by atoms with Crippen LogP contribution < -0.4 is 5.32 Å². The van der Waals surface area contributed by atoms with Gasteiger partial charge in [0.05, 0.1) is 5.56 Å². The molecule has 0 atom stereocenters. The molecule has 4 nitrogen and oxygen atoms in total. The van der Waals surface area contributed by atoms with Gasteiger partial charge in [0.15, 0.2) is 0 Å². The third-order valence-electron chi connectivity index (χ3n) is 3.58. The summed E-state index contributed by atoms with van der Waals surface area (Å²) in [5.41, 5.74) is 0.712. The highest BCUT2D eigenvalue weighted by molar-refractivity contribution is 5.99. The van der Waals surface area contributed by atoms with Gasteiger partial charge in [-0.15, -0.1) is 0 Å². The molecule has 2 rings (SSSR count). The zero-order valence-electron chi connectivity index (χ0n) is 12.6. The Morgan fingerprint density at radius 1 is 1.40 bits per heavy atom. The molecule has 110 valence electrons. The fourth-order valence-corrected chi connectivity index (χ4v) is 2.28. The Bertz CT molecular complexity index is 443. The van der Waals surface area contributed by atoms with E-state index in [1.807, 2.05) is 17.0 Å². The summed E-state index contributed by atoms with van der Waals surface area (Å²) in [5, 5.41) is 3.26. The maximum atomic E-state index is 12.8. The predicted octanol–water partition coefficient (Wildman–Crippen LogP) is 3.31. The van der Waals surface area contributed by atoms with Gasteiger partial charge in [-0.2, -0.15) is 0 Å². The van der Waals surface area contributed by atoms with Crippen LogP contribution in [0.15, 0.2) is 18.3 Å². The number of anilines is 1. The maximum Gasteiger partial charge on any atom is 0.257 e. The molecular weight excluding hydrogens is 250 g/mol. The summed E-state index contributed by atoms with van der Waals surface area (Å²) in [4.78, 5) is 19.1. The fourth-order valence-electron chi connectivity index (χ4n) is 2.28. The average molecular weight is 275 g/mol. The van der Waals surface area contributed by atoms with E-state index in [2.05, 4.69) is 24.1 Å². The van der Waals surface area contributed by atoms with Gasteiger partial charge in [0.2, 0.25) is 0 Å². The van der Waals surface area contributed by atoms with Crippen LogP contribution in [0.3, 0.4) is 0 Å². The summed E-state index contributed by atoms with van der Waals surface area (Å²) in [6.45, 7) is 5.97. The fraction of sp³-hybridized carbons (Fsp3) is 0.625. The van der Waals surface area contributed by atoms with Crippen LogP contribution in [0.2, 0.25) is 0 Å². The summed E-state index contributed by atoms with van der Waals surface area (Å²) in [5.74, 6) is 0.856. The SMILES string of the molecule is CCCCN(C(=O)c1cccnc1NCCC)C1CC1. The molecule has 1 N–H and O–H groups in total. The molecule has 0 radical (unpaired) electrons. The van der Waals surface area contributed by atoms with Crippen LogP contribution in [0.5, 0.6) is 0 Å². The zero-order valence-corrected chi connectivity index (χ0v) is 12.6. The van der Waals surface area contributed by atoms with E-state index in [1.54, 1.807) is 6.20 Å². The number of hydrogen-bond acceptors (Lipinski definition) is 3. The smallest absolute Gasteiger partial charge is 0.257 e. The van der Waals surface area contributed by atoms with Crippen LogP contribution in [0, 0.1) is 0 Å². The Morgan fingerprint density at radius 3 is 2.85 bits per heavy atom. The zero-order chi connectivity index (χ0) is 14.4. The van der Waals surface area contributed by atoms with Crippen molar-refractivity contribution in [2.75, 3.05) is 18.4 Å². The maximum absolute atomic E-state index is 12.8. The van der Waals surface area contributed by atoms with Crippen LogP contribution in [0.4, 0.5) is 5.82 Å². The lowest BCUT2D eigenvalue weighted by Gasteiger charge is -2.23. The minimum atomic E-state index is 0.132. The second-order valence-corrected chi connectivity index (χ2v) is 5.41. The third-order valence-corrected chi connectivity index (χ3v) is 3.58. The molecule has 0 spiro atoms. The molecule has 0 bridgehead atoms. The van der Waals surface area contributed by atoms with E-state index in [1.165, 1.54) is 0 Å². The molecule has 1 aliphatic carbocycles. The van der Waals surface area contributed by atoms with E-state index in [4.69, 9.17) is 0 Å². The topological polar surface area (TPSA) is 45.2 Å². The van der Waals surface area contributed by atoms with Crippen molar-refractivity contribution >= 4 is 11.7 Å². The highest BCUT2D eigenvalue weighted by atomic mass is 16.2. The Morgan fingerprint density at radius 2 is 2.20 bits per heavy atom. The van der Waals surface area contributed by atoms with E-state index in [0.29, 0.717) is 11.6 Å². The number of carbonyl (C=O) groups excluding carboxylic acids is 1. The van der Waals surface area contributed by atoms with Gasteiger partial charge in [-0.3, -0.25) is 4.79 Å². The van der Waals surface area contributed by atoms with E-state index >= 15 is 0 Å². The van der Waals surface area contributed by atoms with Gasteiger partial charge >= 0.3 is 0 Å². The molecule has 0 saturated heterocycles. The Balaban J connectivity index is 2.13. The van der Waals surface area contributed by atoms with E-state index in [9.17, 15) is 4.79 Å². The third kappa shape index (κ3) is 3.71. The average Bonchev–Trinajstić information content (AvgIpc) is 3.30. The van der Waals surface area contributed by atoms with Crippen LogP contribution in [0.1, 0.15) is 56.3 Å². The monoisotopic (exact) mass is 275 g/mol. The van der Waals surface area contributed by atoms with Crippen LogP contribution in [-0.4, -0.2) is 34.9 Å². The summed E-state index contributed by atoms with van der Waals surface area (Å²) < 4.78 is 0. The highest BCUT2D eigenvalue weighted by Crippen LogP contribution is 2.29. The van der Waals surface area contributed by atoms with Gasteiger partial charge in [0, 0.05) is 25.3 Å². The Hall–Kier alpha value is -1.58. The van der Waals surface area contributed by atoms with Crippen molar-refractivity contribution in [3.05, 3.63) is 23.9 Å².